The molecule has 2 aromatic rings. The topological polar surface area (TPSA) is 58.6 Å². The predicted molar refractivity (Wildman–Crippen MR) is 84.7 cm³/mol. The number of thiophene rings is 1. The maximum Gasteiger partial charge on any atom is 0.262 e. The molecule has 21 heavy (non-hydrogen) atoms. The summed E-state index contributed by atoms with van der Waals surface area (Å²) in [5.74, 6) is -0.171. The van der Waals surface area contributed by atoms with Crippen molar-refractivity contribution in [2.45, 2.75) is 13.0 Å². The Morgan fingerprint density at radius 2 is 2.05 bits per heavy atom. The van der Waals surface area contributed by atoms with Crippen LogP contribution in [0, 0.1) is 6.92 Å². The molecule has 1 unspecified atom stereocenters. The van der Waals surface area contributed by atoms with Crippen molar-refractivity contribution in [3.05, 3.63) is 46.2 Å². The second kappa shape index (κ2) is 7.36. The van der Waals surface area contributed by atoms with E-state index in [1.807, 2.05) is 42.6 Å². The van der Waals surface area contributed by atoms with E-state index < -0.39 is 6.10 Å². The third-order valence-corrected chi connectivity index (χ3v) is 4.00. The molecule has 0 saturated carbocycles. The monoisotopic (exact) mass is 305 g/mol. The van der Waals surface area contributed by atoms with Gasteiger partial charge >= 0.3 is 0 Å². The summed E-state index contributed by atoms with van der Waals surface area (Å²) >= 11 is 1.40. The highest BCUT2D eigenvalue weighted by molar-refractivity contribution is 7.12. The molecule has 2 rings (SSSR count). The van der Waals surface area contributed by atoms with Crippen molar-refractivity contribution >= 4 is 17.2 Å². The highest BCUT2D eigenvalue weighted by Gasteiger charge is 2.15. The van der Waals surface area contributed by atoms with E-state index in [2.05, 4.69) is 5.32 Å². The molecule has 0 bridgehead atoms. The fourth-order valence-corrected chi connectivity index (χ4v) is 2.82. The Kier molecular flexibility index (Phi) is 5.50. The number of amides is 1. The first-order valence-corrected chi connectivity index (χ1v) is 7.59. The van der Waals surface area contributed by atoms with Crippen molar-refractivity contribution in [1.29, 1.82) is 0 Å². The van der Waals surface area contributed by atoms with E-state index in [1.54, 1.807) is 0 Å². The Morgan fingerprint density at radius 3 is 2.71 bits per heavy atom. The SMILES string of the molecule is COCC(O)CNC(=O)c1sccc1-c1ccc(C)cc1. The van der Waals surface area contributed by atoms with E-state index in [1.165, 1.54) is 24.0 Å². The molecule has 0 aliphatic carbocycles. The first kappa shape index (κ1) is 15.7. The molecule has 0 spiro atoms. The summed E-state index contributed by atoms with van der Waals surface area (Å²) in [5.41, 5.74) is 3.12. The van der Waals surface area contributed by atoms with Crippen molar-refractivity contribution in [3.8, 4) is 11.1 Å². The van der Waals surface area contributed by atoms with Gasteiger partial charge in [-0.05, 0) is 23.9 Å². The molecular formula is C16H19NO3S. The third kappa shape index (κ3) is 4.14. The Labute approximate surface area is 128 Å². The minimum Gasteiger partial charge on any atom is -0.389 e. The maximum atomic E-state index is 12.2. The van der Waals surface area contributed by atoms with Gasteiger partial charge in [-0.15, -0.1) is 11.3 Å². The van der Waals surface area contributed by atoms with E-state index in [0.29, 0.717) is 4.88 Å². The standard InChI is InChI=1S/C16H19NO3S/c1-11-3-5-12(6-4-11)14-7-8-21-15(14)16(19)17-9-13(18)10-20-2/h3-8,13,18H,9-10H2,1-2H3,(H,17,19). The van der Waals surface area contributed by atoms with Crippen molar-refractivity contribution < 1.29 is 14.6 Å². The highest BCUT2D eigenvalue weighted by atomic mass is 32.1. The lowest BCUT2D eigenvalue weighted by Gasteiger charge is -2.11. The number of aliphatic hydroxyl groups is 1. The average Bonchev–Trinajstić information content (AvgIpc) is 2.95. The van der Waals surface area contributed by atoms with Gasteiger partial charge in [-0.2, -0.15) is 0 Å². The van der Waals surface area contributed by atoms with Crippen LogP contribution >= 0.6 is 11.3 Å². The van der Waals surface area contributed by atoms with Crippen molar-refractivity contribution in [3.63, 3.8) is 0 Å². The van der Waals surface area contributed by atoms with Gasteiger partial charge in [0.15, 0.2) is 0 Å². The number of rotatable bonds is 6. The molecule has 2 N–H and O–H groups in total. The van der Waals surface area contributed by atoms with Gasteiger partial charge in [-0.3, -0.25) is 4.79 Å². The molecule has 0 saturated heterocycles. The van der Waals surface area contributed by atoms with Gasteiger partial charge in [-0.25, -0.2) is 0 Å². The van der Waals surface area contributed by atoms with Gasteiger partial charge in [0.25, 0.3) is 5.91 Å². The van der Waals surface area contributed by atoms with Crippen LogP contribution in [0.3, 0.4) is 0 Å². The van der Waals surface area contributed by atoms with E-state index in [4.69, 9.17) is 4.74 Å². The number of benzene rings is 1. The zero-order valence-electron chi connectivity index (χ0n) is 12.1. The van der Waals surface area contributed by atoms with Crippen molar-refractivity contribution in [2.75, 3.05) is 20.3 Å². The molecule has 4 nitrogen and oxygen atoms in total. The Hall–Kier alpha value is -1.69. The lowest BCUT2D eigenvalue weighted by Crippen LogP contribution is -2.34. The minimum absolute atomic E-state index is 0.171. The number of carbonyl (C=O) groups is 1. The Bertz CT molecular complexity index is 592. The van der Waals surface area contributed by atoms with Crippen LogP contribution in [0.4, 0.5) is 0 Å². The Morgan fingerprint density at radius 1 is 1.33 bits per heavy atom. The van der Waals surface area contributed by atoms with E-state index in [0.717, 1.165) is 11.1 Å². The van der Waals surface area contributed by atoms with Crippen LogP contribution in [0.2, 0.25) is 0 Å². The molecule has 0 aliphatic heterocycles. The summed E-state index contributed by atoms with van der Waals surface area (Å²) < 4.78 is 4.83. The van der Waals surface area contributed by atoms with Crippen LogP contribution in [-0.2, 0) is 4.74 Å². The lowest BCUT2D eigenvalue weighted by atomic mass is 10.0. The minimum atomic E-state index is -0.693. The molecule has 1 amide bonds. The number of hydrogen-bond donors (Lipinski definition) is 2. The number of nitrogens with one attached hydrogen (secondary N) is 1. The summed E-state index contributed by atoms with van der Waals surface area (Å²) in [7, 11) is 1.51. The molecule has 1 aromatic carbocycles. The first-order valence-electron chi connectivity index (χ1n) is 6.71. The van der Waals surface area contributed by atoms with E-state index in [9.17, 15) is 9.90 Å². The predicted octanol–water partition coefficient (Wildman–Crippen LogP) is 2.46. The highest BCUT2D eigenvalue weighted by Crippen LogP contribution is 2.28. The van der Waals surface area contributed by atoms with Crippen LogP contribution < -0.4 is 5.32 Å². The molecule has 112 valence electrons. The van der Waals surface area contributed by atoms with Crippen molar-refractivity contribution in [2.24, 2.45) is 0 Å². The molecule has 5 heteroatoms. The normalized spacial score (nSPS) is 12.1. The lowest BCUT2D eigenvalue weighted by molar-refractivity contribution is 0.0611. The summed E-state index contributed by atoms with van der Waals surface area (Å²) in [6.07, 6.45) is -0.693. The summed E-state index contributed by atoms with van der Waals surface area (Å²) in [4.78, 5) is 12.9. The second-order valence-corrected chi connectivity index (χ2v) is 5.76. The fraction of sp³-hybridized carbons (Fsp3) is 0.312. The molecule has 0 aliphatic rings. The number of aliphatic hydroxyl groups excluding tert-OH is 1. The number of hydrogen-bond acceptors (Lipinski definition) is 4. The van der Waals surface area contributed by atoms with Crippen molar-refractivity contribution in [1.82, 2.24) is 5.32 Å². The van der Waals surface area contributed by atoms with Gasteiger partial charge in [-0.1, -0.05) is 29.8 Å². The third-order valence-electron chi connectivity index (χ3n) is 3.09. The van der Waals surface area contributed by atoms with Crippen LogP contribution in [0.25, 0.3) is 11.1 Å². The average molecular weight is 305 g/mol. The summed E-state index contributed by atoms with van der Waals surface area (Å²) in [6.45, 7) is 2.41. The second-order valence-electron chi connectivity index (χ2n) is 4.85. The van der Waals surface area contributed by atoms with Gasteiger partial charge in [0.2, 0.25) is 0 Å². The number of carbonyl (C=O) groups excluding carboxylic acids is 1. The molecular weight excluding hydrogens is 286 g/mol. The van der Waals surface area contributed by atoms with E-state index in [-0.39, 0.29) is 19.1 Å². The van der Waals surface area contributed by atoms with Gasteiger partial charge in [0, 0.05) is 19.2 Å². The zero-order valence-corrected chi connectivity index (χ0v) is 12.9. The van der Waals surface area contributed by atoms with Crippen LogP contribution in [0.15, 0.2) is 35.7 Å². The summed E-state index contributed by atoms with van der Waals surface area (Å²) in [6, 6.07) is 10.0. The van der Waals surface area contributed by atoms with Gasteiger partial charge < -0.3 is 15.2 Å². The van der Waals surface area contributed by atoms with Gasteiger partial charge in [0.1, 0.15) is 0 Å². The first-order chi connectivity index (χ1) is 10.1. The zero-order chi connectivity index (χ0) is 15.2. The molecule has 1 atom stereocenters. The van der Waals surface area contributed by atoms with E-state index >= 15 is 0 Å². The molecule has 1 heterocycles. The Balaban J connectivity index is 2.09. The summed E-state index contributed by atoms with van der Waals surface area (Å²) in [5, 5.41) is 14.2. The van der Waals surface area contributed by atoms with Crippen LogP contribution in [0.5, 0.6) is 0 Å². The number of aryl methyl sites for hydroxylation is 1. The molecule has 0 fully saturated rings. The van der Waals surface area contributed by atoms with Crippen LogP contribution in [-0.4, -0.2) is 37.4 Å². The molecule has 0 radical (unpaired) electrons. The number of ether oxygens (including phenoxy) is 1. The molecule has 1 aromatic heterocycles. The largest absolute Gasteiger partial charge is 0.389 e. The number of methoxy groups -OCH3 is 1. The quantitative estimate of drug-likeness (QED) is 0.862. The van der Waals surface area contributed by atoms with Crippen LogP contribution in [0.1, 0.15) is 15.2 Å². The maximum absolute atomic E-state index is 12.2. The smallest absolute Gasteiger partial charge is 0.262 e. The fourth-order valence-electron chi connectivity index (χ4n) is 1.99. The van der Waals surface area contributed by atoms with Gasteiger partial charge in [0.05, 0.1) is 17.6 Å².